The van der Waals surface area contributed by atoms with E-state index in [9.17, 15) is 4.79 Å². The Morgan fingerprint density at radius 3 is 1.70 bits per heavy atom. The minimum absolute atomic E-state index is 0.0349. The molecule has 0 aliphatic carbocycles. The van der Waals surface area contributed by atoms with E-state index in [0.29, 0.717) is 64.2 Å². The summed E-state index contributed by atoms with van der Waals surface area (Å²) in [5.74, 6) is 4.07. The molecule has 9 heterocycles. The first-order chi connectivity index (χ1) is 39.0. The molecule has 1 aliphatic rings. The molecule has 80 heavy (non-hydrogen) atoms. The molecule has 0 bridgehead atoms. The Hall–Kier alpha value is -8.91. The predicted octanol–water partition coefficient (Wildman–Crippen LogP) is 12.3. The predicted molar refractivity (Wildman–Crippen MR) is 308 cm³/mol. The van der Waals surface area contributed by atoms with Gasteiger partial charge in [0.2, 0.25) is 9.92 Å². The fraction of sp³-hybridized carbons (Fsp3) is 0.230. The van der Waals surface area contributed by atoms with E-state index in [1.165, 1.54) is 22.7 Å². The molecule has 0 atom stereocenters. The number of amides is 1. The van der Waals surface area contributed by atoms with Crippen molar-refractivity contribution in [3.8, 4) is 68.4 Å². The Kier molecular flexibility index (Phi) is 13.3. The summed E-state index contributed by atoms with van der Waals surface area (Å²) < 4.78 is 40.9. The number of hydrogen-bond donors (Lipinski definition) is 0. The van der Waals surface area contributed by atoms with Crippen molar-refractivity contribution >= 4 is 60.4 Å². The highest BCUT2D eigenvalue weighted by molar-refractivity contribution is 7.16. The van der Waals surface area contributed by atoms with E-state index in [4.69, 9.17) is 47.7 Å². The number of aromatic nitrogens is 8. The lowest BCUT2D eigenvalue weighted by Gasteiger charge is -2.34. The van der Waals surface area contributed by atoms with Gasteiger partial charge in [0.25, 0.3) is 5.91 Å². The van der Waals surface area contributed by atoms with Crippen LogP contribution in [0.3, 0.4) is 0 Å². The summed E-state index contributed by atoms with van der Waals surface area (Å²) in [5, 5.41) is 12.7. The van der Waals surface area contributed by atoms with E-state index in [1.54, 1.807) is 29.4 Å². The van der Waals surface area contributed by atoms with Crippen LogP contribution in [0, 0.1) is 27.7 Å². The maximum Gasteiger partial charge on any atom is 0.255 e. The van der Waals surface area contributed by atoms with Crippen LogP contribution in [0.25, 0.3) is 77.3 Å². The lowest BCUT2D eigenvalue weighted by molar-refractivity contribution is 0.0638. The lowest BCUT2D eigenvalue weighted by Crippen LogP contribution is -2.49. The molecule has 402 valence electrons. The van der Waals surface area contributed by atoms with Gasteiger partial charge in [0.15, 0.2) is 11.5 Å². The van der Waals surface area contributed by atoms with E-state index in [1.807, 2.05) is 124 Å². The Balaban J connectivity index is 0.656. The van der Waals surface area contributed by atoms with Crippen molar-refractivity contribution in [2.24, 2.45) is 0 Å². The Morgan fingerprint density at radius 2 is 1.15 bits per heavy atom. The number of hydrogen-bond acceptors (Lipinski definition) is 16. The largest absolute Gasteiger partial charge is 0.497 e. The first-order valence-corrected chi connectivity index (χ1v) is 27.9. The summed E-state index contributed by atoms with van der Waals surface area (Å²) in [6, 6.07) is 32.0. The van der Waals surface area contributed by atoms with Crippen LogP contribution in [0.15, 0.2) is 131 Å². The second-order valence-electron chi connectivity index (χ2n) is 20.0. The Labute approximate surface area is 467 Å². The van der Waals surface area contributed by atoms with E-state index in [2.05, 4.69) is 39.4 Å². The molecule has 0 unspecified atom stereocenters. The van der Waals surface area contributed by atoms with Crippen LogP contribution in [0.4, 0.5) is 0 Å². The van der Waals surface area contributed by atoms with Crippen LogP contribution in [0.2, 0.25) is 0 Å². The average molecular weight is 1100 g/mol. The molecule has 4 aromatic carbocycles. The third-order valence-corrected chi connectivity index (χ3v) is 16.2. The number of carbonyl (C=O) groups excluding carboxylic acids is 1. The quantitative estimate of drug-likeness (QED) is 0.0894. The molecule has 19 heteroatoms. The first-order valence-electron chi connectivity index (χ1n) is 26.2. The van der Waals surface area contributed by atoms with Crippen LogP contribution < -0.4 is 18.9 Å². The molecule has 1 saturated heterocycles. The van der Waals surface area contributed by atoms with Gasteiger partial charge in [-0.3, -0.25) is 19.7 Å². The molecule has 13 rings (SSSR count). The molecule has 0 N–H and O–H groups in total. The van der Waals surface area contributed by atoms with E-state index < -0.39 is 0 Å². The highest BCUT2D eigenvalue weighted by Gasteiger charge is 2.24. The smallest absolute Gasteiger partial charge is 0.255 e. The van der Waals surface area contributed by atoms with E-state index in [0.717, 1.165) is 119 Å². The Bertz CT molecular complexity index is 4220. The van der Waals surface area contributed by atoms with Crippen LogP contribution >= 0.6 is 22.7 Å². The molecule has 0 radical (unpaired) electrons. The number of rotatable bonds is 16. The number of ether oxygens (including phenoxy) is 4. The molecule has 0 saturated carbocycles. The minimum Gasteiger partial charge on any atom is -0.497 e. The third kappa shape index (κ3) is 10.1. The summed E-state index contributed by atoms with van der Waals surface area (Å²) in [6.07, 6.45) is 8.07. The highest BCUT2D eigenvalue weighted by Crippen LogP contribution is 2.37. The second kappa shape index (κ2) is 21.0. The molecule has 8 aromatic heterocycles. The summed E-state index contributed by atoms with van der Waals surface area (Å²) in [7, 11) is 3.29. The zero-order valence-electron chi connectivity index (χ0n) is 44.9. The molecule has 1 fully saturated rings. The van der Waals surface area contributed by atoms with Crippen molar-refractivity contribution in [1.29, 1.82) is 0 Å². The molecule has 1 aliphatic heterocycles. The van der Waals surface area contributed by atoms with Gasteiger partial charge in [0, 0.05) is 90.3 Å². The van der Waals surface area contributed by atoms with Gasteiger partial charge in [-0.25, -0.2) is 19.0 Å². The molecule has 12 aromatic rings. The summed E-state index contributed by atoms with van der Waals surface area (Å²) in [6.45, 7) is 12.0. The van der Waals surface area contributed by atoms with E-state index >= 15 is 0 Å². The first kappa shape index (κ1) is 50.6. The fourth-order valence-electron chi connectivity index (χ4n) is 10.2. The second-order valence-corrected chi connectivity index (χ2v) is 22.3. The van der Waals surface area contributed by atoms with Crippen LogP contribution in [-0.2, 0) is 19.6 Å². The van der Waals surface area contributed by atoms with Gasteiger partial charge >= 0.3 is 0 Å². The van der Waals surface area contributed by atoms with Crippen molar-refractivity contribution in [2.45, 2.75) is 47.3 Å². The number of nitrogens with zero attached hydrogens (tertiary/aromatic N) is 10. The maximum atomic E-state index is 13.9. The lowest BCUT2D eigenvalue weighted by atomic mass is 10.0. The number of piperazine rings is 1. The van der Waals surface area contributed by atoms with Gasteiger partial charge < -0.3 is 32.7 Å². The number of aryl methyl sites for hydroxylation is 4. The van der Waals surface area contributed by atoms with Crippen molar-refractivity contribution in [1.82, 2.24) is 49.0 Å². The molecule has 17 nitrogen and oxygen atoms in total. The number of fused-ring (bicyclic) bond motifs is 4. The molecular formula is C61H54N10O7S2. The van der Waals surface area contributed by atoms with Crippen molar-refractivity contribution in [3.05, 3.63) is 165 Å². The average Bonchev–Trinajstić information content (AvgIpc) is 4.36. The SMILES string of the molecule is COc1cc(COc2cc(-c3ccc(C(=O)N4CCN(CCc5ccc(-c6ccc(C)cn6)cc5OCc5cc(OC)cc6oc(-c7cn8nc(C)sc8n7)cc56)CC4)cn3)ccc2C)c2cc(-c3cn4nc(C)sc4n3)oc2c1. The fourth-order valence-corrected chi connectivity index (χ4v) is 11.6. The van der Waals surface area contributed by atoms with Crippen molar-refractivity contribution < 1.29 is 32.6 Å². The zero-order valence-corrected chi connectivity index (χ0v) is 46.5. The van der Waals surface area contributed by atoms with Gasteiger partial charge in [-0.15, -0.1) is 0 Å². The number of benzene rings is 4. The van der Waals surface area contributed by atoms with Gasteiger partial charge in [0.05, 0.1) is 43.6 Å². The highest BCUT2D eigenvalue weighted by atomic mass is 32.1. The standard InChI is InChI=1S/C61H54N10O7S2/c1-35-7-13-49(62-29-35)41-11-10-39(54(24-41)76-34-44-22-46(74-6)26-56-48(44)28-58(78-56)52-32-71-61(65-52)80-38(4)67-71)15-16-68-17-19-69(20-18-68)59(72)42-12-14-50(63-30-42)40-9-8-36(2)53(23-40)75-33-43-21-45(73-5)25-55-47(43)27-57(77-55)51-31-70-60(64-51)79-37(3)66-70/h7-14,21-32H,15-20,33-34H2,1-6H3. The summed E-state index contributed by atoms with van der Waals surface area (Å²) >= 11 is 3.06. The van der Waals surface area contributed by atoms with Gasteiger partial charge in [0.1, 0.15) is 68.8 Å². The number of pyridine rings is 2. The van der Waals surface area contributed by atoms with Crippen LogP contribution in [0.5, 0.6) is 23.0 Å². The number of carbonyl (C=O) groups is 1. The normalized spacial score (nSPS) is 13.1. The zero-order chi connectivity index (χ0) is 54.6. The Morgan fingerprint density at radius 1 is 0.588 bits per heavy atom. The molecule has 1 amide bonds. The van der Waals surface area contributed by atoms with Crippen molar-refractivity contribution in [3.63, 3.8) is 0 Å². The molecular weight excluding hydrogens is 1050 g/mol. The van der Waals surface area contributed by atoms with Gasteiger partial charge in [-0.1, -0.05) is 53.0 Å². The summed E-state index contributed by atoms with van der Waals surface area (Å²) in [5.41, 5.74) is 11.7. The monoisotopic (exact) mass is 1100 g/mol. The number of imidazole rings is 2. The third-order valence-electron chi connectivity index (χ3n) is 14.5. The maximum absolute atomic E-state index is 13.9. The van der Waals surface area contributed by atoms with E-state index in [-0.39, 0.29) is 19.1 Å². The van der Waals surface area contributed by atoms with Crippen molar-refractivity contribution in [2.75, 3.05) is 46.9 Å². The minimum atomic E-state index is -0.0349. The van der Waals surface area contributed by atoms with Gasteiger partial charge in [-0.05, 0) is 105 Å². The topological polar surface area (TPSA) is 173 Å². The number of furan rings is 2. The van der Waals surface area contributed by atoms with Gasteiger partial charge in [-0.2, -0.15) is 10.2 Å². The number of methoxy groups -OCH3 is 2. The van der Waals surface area contributed by atoms with Crippen LogP contribution in [-0.4, -0.2) is 102 Å². The van der Waals surface area contributed by atoms with Crippen LogP contribution in [0.1, 0.15) is 48.2 Å². The molecule has 0 spiro atoms. The summed E-state index contributed by atoms with van der Waals surface area (Å²) in [4.78, 5) is 38.9.